The molecule has 1 aromatic carbocycles. The normalized spacial score (nSPS) is 10.2. The summed E-state index contributed by atoms with van der Waals surface area (Å²) in [5.74, 6) is 0. The number of rotatable bonds is 1. The van der Waals surface area contributed by atoms with Crippen molar-refractivity contribution in [3.8, 4) is 0 Å². The van der Waals surface area contributed by atoms with E-state index in [-0.39, 0.29) is 0 Å². The molecule has 0 heteroatoms. The van der Waals surface area contributed by atoms with Crippen LogP contribution in [0.1, 0.15) is 20.3 Å². The van der Waals surface area contributed by atoms with Crippen molar-refractivity contribution in [2.45, 2.75) is 20.3 Å². The Balaban J connectivity index is 0.000000424. The molecule has 0 saturated heterocycles. The first-order valence-electron chi connectivity index (χ1n) is 4.63. The quantitative estimate of drug-likeness (QED) is 0.613. The molecule has 0 heterocycles. The van der Waals surface area contributed by atoms with Gasteiger partial charge in [-0.2, -0.15) is 0 Å². The summed E-state index contributed by atoms with van der Waals surface area (Å²) >= 11 is 0. The van der Waals surface area contributed by atoms with Crippen molar-refractivity contribution in [3.63, 3.8) is 0 Å². The average Bonchev–Trinajstić information content (AvgIpc) is 2.11. The summed E-state index contributed by atoms with van der Waals surface area (Å²) in [4.78, 5) is 0. The van der Waals surface area contributed by atoms with Gasteiger partial charge in [0.1, 0.15) is 0 Å². The minimum atomic E-state index is 1.04. The van der Waals surface area contributed by atoms with E-state index >= 15 is 0 Å². The highest BCUT2D eigenvalue weighted by molar-refractivity contribution is 5.35. The van der Waals surface area contributed by atoms with Crippen molar-refractivity contribution in [1.82, 2.24) is 0 Å². The Morgan fingerprint density at radius 2 is 1.77 bits per heavy atom. The van der Waals surface area contributed by atoms with Gasteiger partial charge in [-0.15, -0.1) is 0 Å². The van der Waals surface area contributed by atoms with Crippen LogP contribution in [-0.4, -0.2) is 0 Å². The van der Waals surface area contributed by atoms with Gasteiger partial charge in [-0.3, -0.25) is 0 Å². The Morgan fingerprint density at radius 1 is 1.23 bits per heavy atom. The van der Waals surface area contributed by atoms with Crippen LogP contribution in [0.3, 0.4) is 0 Å². The van der Waals surface area contributed by atoms with E-state index in [0.29, 0.717) is 0 Å². The van der Waals surface area contributed by atoms with E-state index in [1.54, 1.807) is 6.08 Å². The van der Waals surface area contributed by atoms with Crippen molar-refractivity contribution in [2.24, 2.45) is 0 Å². The Bertz CT molecular complexity index is 333. The van der Waals surface area contributed by atoms with Gasteiger partial charge < -0.3 is 0 Å². The molecular formula is C13H18. The molecule has 0 N–H and O–H groups in total. The van der Waals surface area contributed by atoms with E-state index in [4.69, 9.17) is 0 Å². The third kappa shape index (κ3) is 5.02. The second kappa shape index (κ2) is 7.35. The fourth-order valence-corrected chi connectivity index (χ4v) is 0.824. The van der Waals surface area contributed by atoms with Gasteiger partial charge in [0, 0.05) is 0 Å². The molecule has 0 unspecified atom stereocenters. The molecule has 1 rings (SSSR count). The van der Waals surface area contributed by atoms with Gasteiger partial charge in [-0.1, -0.05) is 69.8 Å². The lowest BCUT2D eigenvalue weighted by molar-refractivity contribution is 1.09. The molecule has 0 aliphatic heterocycles. The zero-order valence-corrected chi connectivity index (χ0v) is 8.59. The predicted molar refractivity (Wildman–Crippen MR) is 61.8 cm³/mol. The molecule has 13 heavy (non-hydrogen) atoms. The fourth-order valence-electron chi connectivity index (χ4n) is 0.824. The van der Waals surface area contributed by atoms with Crippen LogP contribution in [-0.2, 0) is 0 Å². The minimum Gasteiger partial charge on any atom is -0.0990 e. The SMILES string of the molecule is C=C/C=c1/ccccc1=C.CCC. The summed E-state index contributed by atoms with van der Waals surface area (Å²) in [6, 6.07) is 7.96. The van der Waals surface area contributed by atoms with Gasteiger partial charge in [-0.25, -0.2) is 0 Å². The number of hydrogen-bond acceptors (Lipinski definition) is 0. The highest BCUT2D eigenvalue weighted by Crippen LogP contribution is 1.70. The number of allylic oxidation sites excluding steroid dienone is 1. The van der Waals surface area contributed by atoms with Crippen molar-refractivity contribution in [2.75, 3.05) is 0 Å². The van der Waals surface area contributed by atoms with E-state index in [9.17, 15) is 0 Å². The lowest BCUT2D eigenvalue weighted by Gasteiger charge is -1.83. The third-order valence-corrected chi connectivity index (χ3v) is 1.35. The van der Waals surface area contributed by atoms with Crippen molar-refractivity contribution < 1.29 is 0 Å². The zero-order chi connectivity index (χ0) is 10.1. The van der Waals surface area contributed by atoms with Gasteiger partial charge >= 0.3 is 0 Å². The maximum atomic E-state index is 3.86. The van der Waals surface area contributed by atoms with Crippen LogP contribution < -0.4 is 10.4 Å². The molecule has 0 saturated carbocycles. The van der Waals surface area contributed by atoms with Gasteiger partial charge in [0.25, 0.3) is 0 Å². The third-order valence-electron chi connectivity index (χ3n) is 1.35. The molecule has 0 amide bonds. The fraction of sp³-hybridized carbons (Fsp3) is 0.231. The van der Waals surface area contributed by atoms with E-state index in [1.165, 1.54) is 6.42 Å². The van der Waals surface area contributed by atoms with E-state index in [2.05, 4.69) is 27.0 Å². The first-order valence-corrected chi connectivity index (χ1v) is 4.63. The molecule has 70 valence electrons. The standard InChI is InChI=1S/C10H10.C3H8/c1-3-6-10-8-5-4-7-9(10)2;1-3-2/h3-8H,1-2H2;3H2,1-2H3/b10-6-;. The van der Waals surface area contributed by atoms with Crippen molar-refractivity contribution >= 4 is 12.7 Å². The van der Waals surface area contributed by atoms with Crippen LogP contribution in [0.5, 0.6) is 0 Å². The van der Waals surface area contributed by atoms with Gasteiger partial charge in [-0.05, 0) is 10.4 Å². The monoisotopic (exact) mass is 174 g/mol. The Labute approximate surface area is 80.9 Å². The topological polar surface area (TPSA) is 0 Å². The Kier molecular flexibility index (Phi) is 6.62. The second-order valence-electron chi connectivity index (χ2n) is 2.81. The molecule has 0 atom stereocenters. The highest BCUT2D eigenvalue weighted by Gasteiger charge is 1.75. The van der Waals surface area contributed by atoms with E-state index < -0.39 is 0 Å². The molecule has 1 aromatic rings. The molecule has 0 aliphatic rings. The van der Waals surface area contributed by atoms with Crippen LogP contribution in [0.4, 0.5) is 0 Å². The first kappa shape index (κ1) is 11.7. The summed E-state index contributed by atoms with van der Waals surface area (Å²) in [5.41, 5.74) is 0. The first-order chi connectivity index (χ1) is 6.26. The smallest absolute Gasteiger partial charge is 0.0190 e. The van der Waals surface area contributed by atoms with Gasteiger partial charge in [0.2, 0.25) is 0 Å². The molecule has 0 spiro atoms. The summed E-state index contributed by atoms with van der Waals surface area (Å²) in [6.45, 7) is 11.7. The molecule has 0 nitrogen and oxygen atoms in total. The molecule has 0 radical (unpaired) electrons. The van der Waals surface area contributed by atoms with Gasteiger partial charge in [0.15, 0.2) is 0 Å². The maximum absolute atomic E-state index is 3.86. The minimum absolute atomic E-state index is 1.04. The van der Waals surface area contributed by atoms with Crippen LogP contribution in [0.25, 0.3) is 12.7 Å². The van der Waals surface area contributed by atoms with Crippen molar-refractivity contribution in [3.05, 3.63) is 47.4 Å². The van der Waals surface area contributed by atoms with E-state index in [1.807, 2.05) is 30.3 Å². The summed E-state index contributed by atoms with van der Waals surface area (Å²) in [7, 11) is 0. The van der Waals surface area contributed by atoms with Crippen LogP contribution in [0.2, 0.25) is 0 Å². The number of hydrogen-bond donors (Lipinski definition) is 0. The zero-order valence-electron chi connectivity index (χ0n) is 8.59. The van der Waals surface area contributed by atoms with Gasteiger partial charge in [0.05, 0.1) is 0 Å². The van der Waals surface area contributed by atoms with Crippen molar-refractivity contribution in [1.29, 1.82) is 0 Å². The summed E-state index contributed by atoms with van der Waals surface area (Å²) < 4.78 is 0. The Hall–Kier alpha value is -1.30. The maximum Gasteiger partial charge on any atom is -0.0190 e. The highest BCUT2D eigenvalue weighted by atomic mass is 13.8. The van der Waals surface area contributed by atoms with Crippen LogP contribution in [0, 0.1) is 0 Å². The molecule has 0 bridgehead atoms. The molecule has 0 aromatic heterocycles. The molecule has 0 fully saturated rings. The predicted octanol–water partition coefficient (Wildman–Crippen LogP) is 2.48. The average molecular weight is 174 g/mol. The molecular weight excluding hydrogens is 156 g/mol. The van der Waals surface area contributed by atoms with Crippen LogP contribution in [0.15, 0.2) is 36.9 Å². The Morgan fingerprint density at radius 3 is 2.23 bits per heavy atom. The largest absolute Gasteiger partial charge is 0.0990 e. The number of benzene rings is 1. The second-order valence-corrected chi connectivity index (χ2v) is 2.81. The summed E-state index contributed by atoms with van der Waals surface area (Å²) in [5, 5.41) is 2.18. The van der Waals surface area contributed by atoms with E-state index in [0.717, 1.165) is 10.4 Å². The van der Waals surface area contributed by atoms with Crippen LogP contribution >= 0.6 is 0 Å². The lowest BCUT2D eigenvalue weighted by atomic mass is 10.2. The lowest BCUT2D eigenvalue weighted by Crippen LogP contribution is -2.21. The summed E-state index contributed by atoms with van der Waals surface area (Å²) in [6.07, 6.45) is 4.96. The molecule has 0 aliphatic carbocycles.